The second-order valence-electron chi connectivity index (χ2n) is 11.3. The first-order chi connectivity index (χ1) is 22.4. The number of fused-ring (bicyclic) bond motifs is 1. The Morgan fingerprint density at radius 2 is 1.70 bits per heavy atom. The summed E-state index contributed by atoms with van der Waals surface area (Å²) in [6, 6.07) is 9.45. The minimum atomic E-state index is -1.51. The molecular formula is C34H26ClF4N5O3. The average Bonchev–Trinajstić information content (AvgIpc) is 3.61. The molecule has 0 aliphatic carbocycles. The van der Waals surface area contributed by atoms with E-state index in [9.17, 15) is 27.6 Å². The fourth-order valence-corrected chi connectivity index (χ4v) is 6.01. The Morgan fingerprint density at radius 3 is 2.43 bits per heavy atom. The van der Waals surface area contributed by atoms with Crippen molar-refractivity contribution in [3.63, 3.8) is 0 Å². The first-order valence-corrected chi connectivity index (χ1v) is 14.9. The molecule has 2 amide bonds. The normalized spacial score (nSPS) is 16.1. The number of amides is 2. The molecule has 1 N–H and O–H groups in total. The number of Topliss-reactive ketones (excluding diaryl/α,β-unsaturated/α-hetero) is 1. The van der Waals surface area contributed by atoms with Crippen LogP contribution in [0.1, 0.15) is 29.5 Å². The second kappa shape index (κ2) is 12.6. The van der Waals surface area contributed by atoms with Gasteiger partial charge in [0, 0.05) is 58.2 Å². The molecule has 3 heterocycles. The Hall–Kier alpha value is -5.10. The lowest BCUT2D eigenvalue weighted by Gasteiger charge is -2.24. The van der Waals surface area contributed by atoms with Crippen LogP contribution in [0.4, 0.5) is 23.2 Å². The lowest BCUT2D eigenvalue weighted by atomic mass is 10.0. The van der Waals surface area contributed by atoms with Gasteiger partial charge in [0.1, 0.15) is 24.6 Å². The number of alkyl halides is 1. The van der Waals surface area contributed by atoms with Crippen LogP contribution < -0.4 is 5.32 Å². The lowest BCUT2D eigenvalue weighted by molar-refractivity contribution is -0.137. The fourth-order valence-electron chi connectivity index (χ4n) is 5.76. The molecule has 5 aromatic rings. The number of nitrogens with one attached hydrogen (secondary N) is 1. The Morgan fingerprint density at radius 1 is 0.979 bits per heavy atom. The van der Waals surface area contributed by atoms with Crippen LogP contribution in [0.25, 0.3) is 33.2 Å². The van der Waals surface area contributed by atoms with E-state index in [1.165, 1.54) is 25.1 Å². The summed E-state index contributed by atoms with van der Waals surface area (Å²) in [6.45, 7) is 2.51. The van der Waals surface area contributed by atoms with E-state index in [4.69, 9.17) is 11.6 Å². The van der Waals surface area contributed by atoms with E-state index in [1.807, 2.05) is 0 Å². The van der Waals surface area contributed by atoms with Crippen molar-refractivity contribution >= 4 is 45.8 Å². The van der Waals surface area contributed by atoms with Crippen LogP contribution in [0, 0.1) is 24.4 Å². The third-order valence-electron chi connectivity index (χ3n) is 8.11. The van der Waals surface area contributed by atoms with E-state index < -0.39 is 41.5 Å². The van der Waals surface area contributed by atoms with E-state index in [2.05, 4.69) is 15.3 Å². The molecule has 0 bridgehead atoms. The van der Waals surface area contributed by atoms with Crippen molar-refractivity contribution in [1.82, 2.24) is 19.4 Å². The van der Waals surface area contributed by atoms with E-state index in [1.54, 1.807) is 48.3 Å². The van der Waals surface area contributed by atoms with Gasteiger partial charge < -0.3 is 14.8 Å². The van der Waals surface area contributed by atoms with Gasteiger partial charge in [0.05, 0.1) is 17.3 Å². The van der Waals surface area contributed by atoms with Crippen LogP contribution in [0.2, 0.25) is 5.02 Å². The monoisotopic (exact) mass is 663 g/mol. The zero-order valence-electron chi connectivity index (χ0n) is 25.0. The maximum Gasteiger partial charge on any atom is 0.247 e. The van der Waals surface area contributed by atoms with Crippen LogP contribution >= 0.6 is 11.6 Å². The van der Waals surface area contributed by atoms with Crippen LogP contribution in [0.3, 0.4) is 0 Å². The summed E-state index contributed by atoms with van der Waals surface area (Å²) >= 11 is 6.03. The Labute approximate surface area is 271 Å². The minimum Gasteiger partial charge on any atom is -0.337 e. The van der Waals surface area contributed by atoms with Gasteiger partial charge in [-0.05, 0) is 49.7 Å². The SMILES string of the molecule is CC(=O)c1cn(CC(=O)N2C[C@H](F)C[C@H]2C(=O)Nc2cccc(-c3cc(F)c(F)cc3Cl)c2F)c2ccc(-c3cnc(C)nc3)cc12. The number of hydrogen-bond acceptors (Lipinski definition) is 5. The number of rotatable bonds is 7. The van der Waals surface area contributed by atoms with Crippen molar-refractivity contribution in [3.8, 4) is 22.3 Å². The largest absolute Gasteiger partial charge is 0.337 e. The molecular weight excluding hydrogens is 638 g/mol. The van der Waals surface area contributed by atoms with Crippen molar-refractivity contribution in [3.05, 3.63) is 101 Å². The Balaban J connectivity index is 1.25. The number of nitrogens with zero attached hydrogens (tertiary/aromatic N) is 4. The van der Waals surface area contributed by atoms with Gasteiger partial charge in [-0.2, -0.15) is 0 Å². The highest BCUT2D eigenvalue weighted by molar-refractivity contribution is 6.33. The first-order valence-electron chi connectivity index (χ1n) is 14.5. The van der Waals surface area contributed by atoms with Crippen molar-refractivity contribution in [2.45, 2.75) is 39.0 Å². The van der Waals surface area contributed by atoms with Crippen molar-refractivity contribution in [2.24, 2.45) is 0 Å². The van der Waals surface area contributed by atoms with Crippen LogP contribution in [-0.2, 0) is 16.1 Å². The number of aryl methyl sites for hydroxylation is 1. The standard InChI is InChI=1S/C34H26ClF4N5O3/c1-17(45)25-15-43(30-7-6-19(8-24(25)30)20-12-40-18(2)41-13-20)16-32(46)44-14-21(36)9-31(44)34(47)42-29-5-3-4-22(33(29)39)23-10-27(37)28(38)11-26(23)35/h3-8,10-13,15,21,31H,9,14,16H2,1-2H3,(H,42,47)/t21-,31+/m1/s1. The average molecular weight is 664 g/mol. The van der Waals surface area contributed by atoms with Gasteiger partial charge >= 0.3 is 0 Å². The second-order valence-corrected chi connectivity index (χ2v) is 11.7. The van der Waals surface area contributed by atoms with Crippen LogP contribution in [0.15, 0.2) is 67.1 Å². The number of ketones is 1. The van der Waals surface area contributed by atoms with E-state index >= 15 is 4.39 Å². The molecule has 1 fully saturated rings. The smallest absolute Gasteiger partial charge is 0.247 e. The minimum absolute atomic E-state index is 0.135. The molecule has 8 nitrogen and oxygen atoms in total. The summed E-state index contributed by atoms with van der Waals surface area (Å²) in [5, 5.41) is 2.75. The highest BCUT2D eigenvalue weighted by atomic mass is 35.5. The number of carbonyl (C=O) groups is 3. The number of carbonyl (C=O) groups excluding carboxylic acids is 3. The molecule has 0 radical (unpaired) electrons. The summed E-state index contributed by atoms with van der Waals surface area (Å²) < 4.78 is 59.3. The zero-order valence-corrected chi connectivity index (χ0v) is 25.8. The van der Waals surface area contributed by atoms with Crippen molar-refractivity contribution in [2.75, 3.05) is 11.9 Å². The molecule has 1 aliphatic rings. The van der Waals surface area contributed by atoms with E-state index in [0.717, 1.165) is 22.1 Å². The Kier molecular flexibility index (Phi) is 8.54. The number of likely N-dealkylation sites (tertiary alicyclic amines) is 1. The lowest BCUT2D eigenvalue weighted by Crippen LogP contribution is -2.44. The first kappa shape index (κ1) is 31.9. The molecule has 47 heavy (non-hydrogen) atoms. The molecule has 0 unspecified atom stereocenters. The zero-order chi connectivity index (χ0) is 33.6. The molecule has 0 spiro atoms. The molecule has 1 aliphatic heterocycles. The van der Waals surface area contributed by atoms with Gasteiger partial charge in [0.2, 0.25) is 11.8 Å². The van der Waals surface area contributed by atoms with Gasteiger partial charge in [-0.25, -0.2) is 27.5 Å². The molecule has 1 saturated heterocycles. The van der Waals surface area contributed by atoms with Crippen molar-refractivity contribution in [1.29, 1.82) is 0 Å². The van der Waals surface area contributed by atoms with Crippen molar-refractivity contribution < 1.29 is 31.9 Å². The summed E-state index contributed by atoms with van der Waals surface area (Å²) in [5.41, 5.74) is 1.80. The van der Waals surface area contributed by atoms with Gasteiger partial charge in [-0.3, -0.25) is 14.4 Å². The summed E-state index contributed by atoms with van der Waals surface area (Å²) in [7, 11) is 0. The quantitative estimate of drug-likeness (QED) is 0.116. The number of aromatic nitrogens is 3. The number of hydrogen-bond donors (Lipinski definition) is 1. The van der Waals surface area contributed by atoms with Gasteiger partial charge in [-0.15, -0.1) is 0 Å². The maximum atomic E-state index is 15.5. The molecule has 2 atom stereocenters. The fraction of sp³-hybridized carbons (Fsp3) is 0.206. The van der Waals surface area contributed by atoms with Gasteiger partial charge in [-0.1, -0.05) is 29.8 Å². The van der Waals surface area contributed by atoms with Crippen LogP contribution in [-0.4, -0.2) is 55.8 Å². The molecule has 6 rings (SSSR count). The maximum absolute atomic E-state index is 15.5. The third kappa shape index (κ3) is 6.20. The molecule has 2 aromatic heterocycles. The highest BCUT2D eigenvalue weighted by Gasteiger charge is 2.40. The molecule has 240 valence electrons. The predicted molar refractivity (Wildman–Crippen MR) is 168 cm³/mol. The number of halogens is 5. The third-order valence-corrected chi connectivity index (χ3v) is 8.42. The Bertz CT molecular complexity index is 2070. The summed E-state index contributed by atoms with van der Waals surface area (Å²) in [5.74, 6) is -4.46. The van der Waals surface area contributed by atoms with Gasteiger partial charge in [0.25, 0.3) is 0 Å². The topological polar surface area (TPSA) is 97.2 Å². The summed E-state index contributed by atoms with van der Waals surface area (Å²) in [6.07, 6.45) is 3.05. The molecule has 3 aromatic carbocycles. The molecule has 0 saturated carbocycles. The summed E-state index contributed by atoms with van der Waals surface area (Å²) in [4.78, 5) is 49.0. The number of anilines is 1. The van der Waals surface area contributed by atoms with E-state index in [0.29, 0.717) is 28.4 Å². The molecule has 13 heteroatoms. The van der Waals surface area contributed by atoms with E-state index in [-0.39, 0.29) is 47.1 Å². The highest BCUT2D eigenvalue weighted by Crippen LogP contribution is 2.35. The predicted octanol–water partition coefficient (Wildman–Crippen LogP) is 6.92. The van der Waals surface area contributed by atoms with Crippen LogP contribution in [0.5, 0.6) is 0 Å². The number of benzene rings is 3. The van der Waals surface area contributed by atoms with Gasteiger partial charge in [0.15, 0.2) is 23.2 Å².